The smallest absolute Gasteiger partial charge is 0.354 e. The highest BCUT2D eigenvalue weighted by Gasteiger charge is 2.35. The summed E-state index contributed by atoms with van der Waals surface area (Å²) in [5.74, 6) is -1.12. The van der Waals surface area contributed by atoms with Crippen LogP contribution >= 0.6 is 0 Å². The number of carbonyl (C=O) groups is 2. The van der Waals surface area contributed by atoms with E-state index in [1.165, 1.54) is 35.2 Å². The molecule has 0 fully saturated rings. The van der Waals surface area contributed by atoms with Crippen LogP contribution < -0.4 is 9.62 Å². The second-order valence-electron chi connectivity index (χ2n) is 9.45. The van der Waals surface area contributed by atoms with E-state index in [0.29, 0.717) is 22.5 Å². The number of alkyl halides is 3. The van der Waals surface area contributed by atoms with Crippen molar-refractivity contribution < 1.29 is 31.2 Å². The van der Waals surface area contributed by atoms with Crippen molar-refractivity contribution in [1.29, 1.82) is 0 Å². The summed E-state index contributed by atoms with van der Waals surface area (Å²) in [5.41, 5.74) is -0.673. The summed E-state index contributed by atoms with van der Waals surface area (Å²) >= 11 is 0. The summed E-state index contributed by atoms with van der Waals surface area (Å²) < 4.78 is 68.9. The van der Waals surface area contributed by atoms with E-state index in [4.69, 9.17) is 0 Å². The third kappa shape index (κ3) is 8.32. The maximum Gasteiger partial charge on any atom is 0.416 e. The molecule has 0 spiro atoms. The number of sulfonamides is 1. The molecule has 3 rings (SSSR count). The average molecular weight is 590 g/mol. The first kappa shape index (κ1) is 31.7. The predicted molar refractivity (Wildman–Crippen MR) is 151 cm³/mol. The molecule has 0 saturated heterocycles. The molecule has 7 nitrogen and oxygen atoms in total. The third-order valence-electron chi connectivity index (χ3n) is 6.48. The maximum absolute atomic E-state index is 13.9. The van der Waals surface area contributed by atoms with Crippen molar-refractivity contribution in [1.82, 2.24) is 10.2 Å². The minimum atomic E-state index is -4.73. The number of nitrogens with one attached hydrogen (secondary N) is 1. The molecule has 220 valence electrons. The number of nitrogens with zero attached hydrogens (tertiary/aromatic N) is 2. The molecule has 3 aromatic rings. The molecular formula is C30H34F3N3O4S. The lowest BCUT2D eigenvalue weighted by atomic mass is 10.1. The van der Waals surface area contributed by atoms with Crippen molar-refractivity contribution in [3.8, 4) is 0 Å². The summed E-state index contributed by atoms with van der Waals surface area (Å²) in [7, 11) is -4.47. The fourth-order valence-electron chi connectivity index (χ4n) is 4.29. The summed E-state index contributed by atoms with van der Waals surface area (Å²) in [6, 6.07) is 19.0. The van der Waals surface area contributed by atoms with Gasteiger partial charge in [-0.15, -0.1) is 0 Å². The highest BCUT2D eigenvalue weighted by Crippen LogP contribution is 2.33. The Morgan fingerprint density at radius 2 is 1.54 bits per heavy atom. The Balaban J connectivity index is 2.07. The molecule has 0 radical (unpaired) electrons. The average Bonchev–Trinajstić information content (AvgIpc) is 2.96. The van der Waals surface area contributed by atoms with Gasteiger partial charge in [-0.3, -0.25) is 13.9 Å². The highest BCUT2D eigenvalue weighted by atomic mass is 32.2. The molecular weight excluding hydrogens is 555 g/mol. The van der Waals surface area contributed by atoms with E-state index in [1.807, 2.05) is 6.92 Å². The summed E-state index contributed by atoms with van der Waals surface area (Å²) in [6.45, 7) is 3.31. The quantitative estimate of drug-likeness (QED) is 0.262. The number of unbranched alkanes of at least 4 members (excludes halogenated alkanes) is 1. The van der Waals surface area contributed by atoms with Crippen LogP contribution in [-0.2, 0) is 32.3 Å². The molecule has 1 atom stereocenters. The Morgan fingerprint density at radius 3 is 2.12 bits per heavy atom. The lowest BCUT2D eigenvalue weighted by Crippen LogP contribution is -2.52. The van der Waals surface area contributed by atoms with Gasteiger partial charge in [-0.2, -0.15) is 13.2 Å². The Hall–Kier alpha value is -3.86. The third-order valence-corrected chi connectivity index (χ3v) is 8.27. The SMILES string of the molecule is CCCCNC(=O)[C@@H](CC)N(Cc1ccccc1)C(=O)CN(c1cccc(C(F)(F)F)c1)S(=O)(=O)c1ccccc1. The van der Waals surface area contributed by atoms with Crippen LogP contribution in [0.25, 0.3) is 0 Å². The lowest BCUT2D eigenvalue weighted by Gasteiger charge is -2.33. The van der Waals surface area contributed by atoms with Crippen LogP contribution in [0.15, 0.2) is 89.8 Å². The van der Waals surface area contributed by atoms with Gasteiger partial charge in [0.25, 0.3) is 10.0 Å². The van der Waals surface area contributed by atoms with Crippen LogP contribution in [0, 0.1) is 0 Å². The van der Waals surface area contributed by atoms with Crippen LogP contribution in [0.2, 0.25) is 0 Å². The molecule has 0 aliphatic heterocycles. The second kappa shape index (κ2) is 14.2. The number of hydrogen-bond donors (Lipinski definition) is 1. The van der Waals surface area contributed by atoms with Crippen LogP contribution in [0.3, 0.4) is 0 Å². The van der Waals surface area contributed by atoms with E-state index in [1.54, 1.807) is 43.3 Å². The van der Waals surface area contributed by atoms with E-state index in [-0.39, 0.29) is 29.5 Å². The van der Waals surface area contributed by atoms with E-state index in [0.717, 1.165) is 25.0 Å². The lowest BCUT2D eigenvalue weighted by molar-refractivity contribution is -0.140. The largest absolute Gasteiger partial charge is 0.416 e. The number of amides is 2. The minimum Gasteiger partial charge on any atom is -0.354 e. The predicted octanol–water partition coefficient (Wildman–Crippen LogP) is 5.62. The Kier molecular flexibility index (Phi) is 10.9. The van der Waals surface area contributed by atoms with Crippen molar-refractivity contribution >= 4 is 27.5 Å². The Bertz CT molecular complexity index is 1400. The zero-order valence-corrected chi connectivity index (χ0v) is 23.8. The van der Waals surface area contributed by atoms with Gasteiger partial charge in [-0.25, -0.2) is 8.42 Å². The van der Waals surface area contributed by atoms with Crippen LogP contribution in [0.1, 0.15) is 44.2 Å². The molecule has 0 aliphatic rings. The number of rotatable bonds is 13. The van der Waals surface area contributed by atoms with Gasteiger partial charge in [0.15, 0.2) is 0 Å². The fourth-order valence-corrected chi connectivity index (χ4v) is 5.72. The zero-order valence-electron chi connectivity index (χ0n) is 23.0. The van der Waals surface area contributed by atoms with Gasteiger partial charge < -0.3 is 10.2 Å². The number of anilines is 1. The molecule has 0 saturated carbocycles. The van der Waals surface area contributed by atoms with Crippen molar-refractivity contribution in [3.05, 3.63) is 96.1 Å². The van der Waals surface area contributed by atoms with E-state index >= 15 is 0 Å². The molecule has 2 amide bonds. The monoisotopic (exact) mass is 589 g/mol. The van der Waals surface area contributed by atoms with Gasteiger partial charge in [0.05, 0.1) is 16.1 Å². The highest BCUT2D eigenvalue weighted by molar-refractivity contribution is 7.92. The Labute approximate surface area is 239 Å². The van der Waals surface area contributed by atoms with Gasteiger partial charge in [0, 0.05) is 13.1 Å². The molecule has 0 bridgehead atoms. The summed E-state index contributed by atoms with van der Waals surface area (Å²) in [4.78, 5) is 28.2. The molecule has 3 aromatic carbocycles. The first-order chi connectivity index (χ1) is 19.5. The van der Waals surface area contributed by atoms with Crippen molar-refractivity contribution in [3.63, 3.8) is 0 Å². The first-order valence-corrected chi connectivity index (χ1v) is 14.8. The van der Waals surface area contributed by atoms with Gasteiger partial charge in [-0.1, -0.05) is 74.9 Å². The maximum atomic E-state index is 13.9. The van der Waals surface area contributed by atoms with Crippen LogP contribution in [0.5, 0.6) is 0 Å². The van der Waals surface area contributed by atoms with Crippen LogP contribution in [-0.4, -0.2) is 44.3 Å². The van der Waals surface area contributed by atoms with Crippen molar-refractivity contribution in [2.75, 3.05) is 17.4 Å². The van der Waals surface area contributed by atoms with Crippen molar-refractivity contribution in [2.24, 2.45) is 0 Å². The van der Waals surface area contributed by atoms with E-state index in [2.05, 4.69) is 5.32 Å². The number of benzene rings is 3. The number of halogens is 3. The zero-order chi connectivity index (χ0) is 30.0. The molecule has 11 heteroatoms. The van der Waals surface area contributed by atoms with Crippen LogP contribution in [0.4, 0.5) is 18.9 Å². The molecule has 0 unspecified atom stereocenters. The molecule has 41 heavy (non-hydrogen) atoms. The number of carbonyl (C=O) groups excluding carboxylic acids is 2. The number of hydrogen-bond acceptors (Lipinski definition) is 4. The topological polar surface area (TPSA) is 86.8 Å². The summed E-state index contributed by atoms with van der Waals surface area (Å²) in [5, 5.41) is 2.83. The standard InChI is InChI=1S/C30H34F3N3O4S/c1-3-5-19-34-29(38)27(4-2)35(21-23-13-8-6-9-14-23)28(37)22-36(41(39,40)26-17-10-7-11-18-26)25-16-12-15-24(20-25)30(31,32)33/h6-18,20,27H,3-5,19,21-22H2,1-2H3,(H,34,38)/t27-/m1/s1. The summed E-state index contributed by atoms with van der Waals surface area (Å²) in [6.07, 6.45) is -2.89. The molecule has 1 N–H and O–H groups in total. The normalized spacial score (nSPS) is 12.4. The minimum absolute atomic E-state index is 0.00118. The second-order valence-corrected chi connectivity index (χ2v) is 11.3. The van der Waals surface area contributed by atoms with Gasteiger partial charge in [0.1, 0.15) is 12.6 Å². The molecule has 0 aliphatic carbocycles. The van der Waals surface area contributed by atoms with Crippen molar-refractivity contribution in [2.45, 2.75) is 56.8 Å². The van der Waals surface area contributed by atoms with E-state index in [9.17, 15) is 31.2 Å². The van der Waals surface area contributed by atoms with E-state index < -0.39 is 40.3 Å². The van der Waals surface area contributed by atoms with Gasteiger partial charge in [-0.05, 0) is 48.7 Å². The Morgan fingerprint density at radius 1 is 0.902 bits per heavy atom. The van der Waals surface area contributed by atoms with Gasteiger partial charge in [0.2, 0.25) is 11.8 Å². The molecule has 0 heterocycles. The fraction of sp³-hybridized carbons (Fsp3) is 0.333. The molecule has 0 aromatic heterocycles. The van der Waals surface area contributed by atoms with Gasteiger partial charge >= 0.3 is 6.18 Å². The first-order valence-electron chi connectivity index (χ1n) is 13.3.